The van der Waals surface area contributed by atoms with Gasteiger partial charge >= 0.3 is 0 Å². The van der Waals surface area contributed by atoms with Crippen molar-refractivity contribution in [3.63, 3.8) is 0 Å². The van der Waals surface area contributed by atoms with Crippen molar-refractivity contribution in [2.45, 2.75) is 40.7 Å². The lowest BCUT2D eigenvalue weighted by molar-refractivity contribution is 0.231. The van der Waals surface area contributed by atoms with Crippen LogP contribution >= 0.6 is 11.3 Å². The van der Waals surface area contributed by atoms with Crippen LogP contribution in [0.1, 0.15) is 44.3 Å². The van der Waals surface area contributed by atoms with Crippen molar-refractivity contribution in [3.05, 3.63) is 10.6 Å². The number of aromatic nitrogens is 1. The molecule has 2 rings (SSSR count). The van der Waals surface area contributed by atoms with Gasteiger partial charge in [0.25, 0.3) is 0 Å². The van der Waals surface area contributed by atoms with Crippen molar-refractivity contribution in [2.75, 3.05) is 44.2 Å². The summed E-state index contributed by atoms with van der Waals surface area (Å²) in [4.78, 5) is 11.2. The summed E-state index contributed by atoms with van der Waals surface area (Å²) in [5.41, 5.74) is 1.19. The lowest BCUT2D eigenvalue weighted by Gasteiger charge is -2.35. The second kappa shape index (κ2) is 7.56. The number of hydrogen-bond donors (Lipinski definition) is 1. The summed E-state index contributed by atoms with van der Waals surface area (Å²) < 4.78 is 0. The molecule has 5 heteroatoms. The molecular weight excluding hydrogens is 280 g/mol. The zero-order chi connectivity index (χ0) is 15.4. The molecule has 21 heavy (non-hydrogen) atoms. The molecule has 0 radical (unpaired) electrons. The highest BCUT2D eigenvalue weighted by molar-refractivity contribution is 7.15. The summed E-state index contributed by atoms with van der Waals surface area (Å²) in [6, 6.07) is 0.406. The monoisotopic (exact) mass is 310 g/mol. The van der Waals surface area contributed by atoms with Crippen molar-refractivity contribution in [1.29, 1.82) is 0 Å². The Balaban J connectivity index is 1.96. The molecule has 0 aliphatic carbocycles. The first kappa shape index (κ1) is 16.7. The minimum absolute atomic E-state index is 0.406. The van der Waals surface area contributed by atoms with Gasteiger partial charge in [-0.3, -0.25) is 4.90 Å². The van der Waals surface area contributed by atoms with E-state index in [1.165, 1.54) is 22.2 Å². The van der Waals surface area contributed by atoms with E-state index in [1.54, 1.807) is 0 Å². The van der Waals surface area contributed by atoms with E-state index in [4.69, 9.17) is 4.98 Å². The number of hydrogen-bond acceptors (Lipinski definition) is 5. The van der Waals surface area contributed by atoms with Gasteiger partial charge in [0.1, 0.15) is 0 Å². The maximum absolute atomic E-state index is 4.81. The van der Waals surface area contributed by atoms with Crippen LogP contribution in [0.4, 0.5) is 5.13 Å². The van der Waals surface area contributed by atoms with E-state index in [2.05, 4.69) is 49.7 Å². The molecule has 1 saturated heterocycles. The maximum atomic E-state index is 4.81. The Labute approximate surface area is 133 Å². The largest absolute Gasteiger partial charge is 0.346 e. The average Bonchev–Trinajstić information content (AvgIpc) is 2.81. The zero-order valence-electron chi connectivity index (χ0n) is 14.1. The van der Waals surface area contributed by atoms with Gasteiger partial charge in [-0.15, -0.1) is 11.3 Å². The lowest BCUT2D eigenvalue weighted by atomic mass is 10.2. The lowest BCUT2D eigenvalue weighted by Crippen LogP contribution is -2.47. The summed E-state index contributed by atoms with van der Waals surface area (Å²) in [6.45, 7) is 17.9. The molecule has 0 aromatic carbocycles. The van der Waals surface area contributed by atoms with Crippen LogP contribution in [0.25, 0.3) is 0 Å². The van der Waals surface area contributed by atoms with Crippen molar-refractivity contribution < 1.29 is 0 Å². The number of anilines is 1. The molecule has 1 atom stereocenters. The van der Waals surface area contributed by atoms with Crippen LogP contribution < -0.4 is 10.2 Å². The number of nitrogens with zero attached hydrogens (tertiary/aromatic N) is 3. The second-order valence-corrected chi connectivity index (χ2v) is 7.42. The topological polar surface area (TPSA) is 31.4 Å². The van der Waals surface area contributed by atoms with Crippen molar-refractivity contribution in [3.8, 4) is 0 Å². The van der Waals surface area contributed by atoms with Crippen LogP contribution in [0.3, 0.4) is 0 Å². The van der Waals surface area contributed by atoms with Crippen molar-refractivity contribution in [1.82, 2.24) is 15.2 Å². The van der Waals surface area contributed by atoms with E-state index in [1.807, 2.05) is 11.3 Å². The molecule has 1 fully saturated rings. The number of rotatable bonds is 6. The van der Waals surface area contributed by atoms with Crippen LogP contribution in [-0.2, 0) is 0 Å². The van der Waals surface area contributed by atoms with Crippen LogP contribution in [0.2, 0.25) is 0 Å². The molecule has 120 valence electrons. The molecule has 0 spiro atoms. The van der Waals surface area contributed by atoms with E-state index in [9.17, 15) is 0 Å². The average molecular weight is 311 g/mol. The minimum Gasteiger partial charge on any atom is -0.346 e. The number of aryl methyl sites for hydroxylation is 1. The maximum Gasteiger partial charge on any atom is 0.185 e. The van der Waals surface area contributed by atoms with Crippen LogP contribution in [0.15, 0.2) is 0 Å². The van der Waals surface area contributed by atoms with E-state index >= 15 is 0 Å². The van der Waals surface area contributed by atoms with Gasteiger partial charge in [-0.2, -0.15) is 0 Å². The van der Waals surface area contributed by atoms with Crippen LogP contribution in [0.5, 0.6) is 0 Å². The van der Waals surface area contributed by atoms with Gasteiger partial charge in [-0.1, -0.05) is 20.8 Å². The summed E-state index contributed by atoms with van der Waals surface area (Å²) >= 11 is 1.86. The highest BCUT2D eigenvalue weighted by Crippen LogP contribution is 2.31. The summed E-state index contributed by atoms with van der Waals surface area (Å²) in [5, 5.41) is 4.70. The molecule has 1 unspecified atom stereocenters. The molecule has 0 saturated carbocycles. The first-order valence-corrected chi connectivity index (χ1v) is 9.01. The fraction of sp³-hybridized carbons (Fsp3) is 0.812. The third-order valence-corrected chi connectivity index (χ3v) is 5.39. The molecule has 0 amide bonds. The summed E-state index contributed by atoms with van der Waals surface area (Å²) in [5.74, 6) is 0.756. The Morgan fingerprint density at radius 1 is 1.19 bits per heavy atom. The third-order valence-electron chi connectivity index (χ3n) is 3.99. The number of nitrogens with one attached hydrogen (secondary N) is 1. The highest BCUT2D eigenvalue weighted by atomic mass is 32.1. The van der Waals surface area contributed by atoms with E-state index in [0.29, 0.717) is 6.04 Å². The van der Waals surface area contributed by atoms with Gasteiger partial charge in [0.05, 0.1) is 5.69 Å². The van der Waals surface area contributed by atoms with Gasteiger partial charge in [0.2, 0.25) is 0 Å². The van der Waals surface area contributed by atoms with Gasteiger partial charge in [-0.25, -0.2) is 4.98 Å². The predicted octanol–water partition coefficient (Wildman–Crippen LogP) is 2.90. The molecule has 1 aromatic heterocycles. The first-order valence-electron chi connectivity index (χ1n) is 8.19. The zero-order valence-corrected chi connectivity index (χ0v) is 15.0. The molecular formula is C16H30N4S. The Morgan fingerprint density at radius 3 is 2.43 bits per heavy atom. The smallest absolute Gasteiger partial charge is 0.185 e. The second-order valence-electron chi connectivity index (χ2n) is 6.41. The molecule has 1 aliphatic rings. The van der Waals surface area contributed by atoms with E-state index in [-0.39, 0.29) is 0 Å². The quantitative estimate of drug-likeness (QED) is 0.875. The van der Waals surface area contributed by atoms with Gasteiger partial charge < -0.3 is 10.2 Å². The normalized spacial score (nSPS) is 18.5. The molecule has 2 heterocycles. The molecule has 1 aliphatic heterocycles. The highest BCUT2D eigenvalue weighted by Gasteiger charge is 2.22. The first-order chi connectivity index (χ1) is 10.0. The van der Waals surface area contributed by atoms with Crippen molar-refractivity contribution >= 4 is 16.5 Å². The minimum atomic E-state index is 0.406. The Morgan fingerprint density at radius 2 is 1.86 bits per heavy atom. The van der Waals surface area contributed by atoms with Crippen molar-refractivity contribution in [2.24, 2.45) is 5.92 Å². The SMILES string of the molecule is CCNC(C)c1sc(N2CCN(CC(C)C)CC2)nc1C. The Kier molecular flexibility index (Phi) is 6.02. The Hall–Kier alpha value is -0.650. The third kappa shape index (κ3) is 4.41. The van der Waals surface area contributed by atoms with Crippen LogP contribution in [-0.4, -0.2) is 49.2 Å². The molecule has 4 nitrogen and oxygen atoms in total. The van der Waals surface area contributed by atoms with E-state index < -0.39 is 0 Å². The van der Waals surface area contributed by atoms with E-state index in [0.717, 1.165) is 38.6 Å². The predicted molar refractivity (Wildman–Crippen MR) is 92.4 cm³/mol. The fourth-order valence-corrected chi connectivity index (χ4v) is 4.11. The summed E-state index contributed by atoms with van der Waals surface area (Å²) in [6.07, 6.45) is 0. The van der Waals surface area contributed by atoms with Gasteiger partial charge in [0.15, 0.2) is 5.13 Å². The molecule has 0 bridgehead atoms. The summed E-state index contributed by atoms with van der Waals surface area (Å²) in [7, 11) is 0. The molecule has 1 N–H and O–H groups in total. The fourth-order valence-electron chi connectivity index (χ4n) is 2.97. The number of piperazine rings is 1. The van der Waals surface area contributed by atoms with Gasteiger partial charge in [-0.05, 0) is 26.3 Å². The number of thiazole rings is 1. The molecule has 1 aromatic rings. The Bertz CT molecular complexity index is 435. The van der Waals surface area contributed by atoms with Crippen LogP contribution in [0, 0.1) is 12.8 Å². The van der Waals surface area contributed by atoms with Gasteiger partial charge in [0, 0.05) is 43.6 Å². The standard InChI is InChI=1S/C16H30N4S/c1-6-17-13(4)15-14(5)18-16(21-15)20-9-7-19(8-10-20)11-12(2)3/h12-13,17H,6-11H2,1-5H3.